The van der Waals surface area contributed by atoms with Crippen LogP contribution in [0.15, 0.2) is 0 Å². The highest BCUT2D eigenvalue weighted by Crippen LogP contribution is 2.28. The lowest BCUT2D eigenvalue weighted by Gasteiger charge is -2.33. The van der Waals surface area contributed by atoms with Gasteiger partial charge in [0.25, 0.3) is 0 Å². The van der Waals surface area contributed by atoms with Crippen molar-refractivity contribution in [3.8, 4) is 0 Å². The van der Waals surface area contributed by atoms with Gasteiger partial charge in [0.15, 0.2) is 0 Å². The van der Waals surface area contributed by atoms with E-state index in [-0.39, 0.29) is 17.9 Å². The minimum Gasteiger partial charge on any atom is -0.353 e. The zero-order chi connectivity index (χ0) is 12.3. The minimum absolute atomic E-state index is 0.0227. The number of amides is 2. The Morgan fingerprint density at radius 1 is 1.41 bits per heavy atom. The summed E-state index contributed by atoms with van der Waals surface area (Å²) in [6.45, 7) is 3.07. The van der Waals surface area contributed by atoms with Crippen molar-refractivity contribution < 1.29 is 9.59 Å². The lowest BCUT2D eigenvalue weighted by atomic mass is 10.0. The molecule has 2 rings (SSSR count). The van der Waals surface area contributed by atoms with E-state index in [9.17, 15) is 9.59 Å². The molecule has 0 bridgehead atoms. The molecule has 0 aromatic rings. The molecule has 1 saturated carbocycles. The van der Waals surface area contributed by atoms with Crippen LogP contribution in [0.3, 0.4) is 0 Å². The number of piperazine rings is 1. The number of rotatable bonds is 3. The third-order valence-electron chi connectivity index (χ3n) is 4.06. The summed E-state index contributed by atoms with van der Waals surface area (Å²) in [5, 5.41) is 2.78. The van der Waals surface area contributed by atoms with Crippen molar-refractivity contribution in [2.24, 2.45) is 5.92 Å². The highest BCUT2D eigenvalue weighted by Gasteiger charge is 2.29. The number of carbonyl (C=O) groups excluding carboxylic acids is 2. The van der Waals surface area contributed by atoms with Gasteiger partial charge in [-0.2, -0.15) is 0 Å². The van der Waals surface area contributed by atoms with Crippen LogP contribution in [0.25, 0.3) is 0 Å². The highest BCUT2D eigenvalue weighted by atomic mass is 16.2. The van der Waals surface area contributed by atoms with Crippen LogP contribution in [-0.2, 0) is 9.59 Å². The van der Waals surface area contributed by atoms with Gasteiger partial charge in [-0.05, 0) is 19.3 Å². The van der Waals surface area contributed by atoms with Gasteiger partial charge in [0.05, 0.1) is 0 Å². The summed E-state index contributed by atoms with van der Waals surface area (Å²) < 4.78 is 0. The molecule has 2 fully saturated rings. The molecule has 1 unspecified atom stereocenters. The SMILES string of the molecule is CC1C(=O)NCCN1C(=O)CCC1CCCC1. The first-order chi connectivity index (χ1) is 8.18. The zero-order valence-electron chi connectivity index (χ0n) is 10.6. The van der Waals surface area contributed by atoms with E-state index in [2.05, 4.69) is 5.32 Å². The van der Waals surface area contributed by atoms with Crippen molar-refractivity contribution in [2.45, 2.75) is 51.5 Å². The van der Waals surface area contributed by atoms with Crippen molar-refractivity contribution in [1.82, 2.24) is 10.2 Å². The third kappa shape index (κ3) is 2.99. The molecule has 1 saturated heterocycles. The second-order valence-corrected chi connectivity index (χ2v) is 5.24. The monoisotopic (exact) mass is 238 g/mol. The molecule has 96 valence electrons. The van der Waals surface area contributed by atoms with E-state index in [0.717, 1.165) is 12.3 Å². The molecule has 2 amide bonds. The topological polar surface area (TPSA) is 49.4 Å². The van der Waals surface area contributed by atoms with Crippen LogP contribution in [0.2, 0.25) is 0 Å². The molecule has 0 spiro atoms. The number of hydrogen-bond acceptors (Lipinski definition) is 2. The maximum absolute atomic E-state index is 12.1. The summed E-state index contributed by atoms with van der Waals surface area (Å²) >= 11 is 0. The van der Waals surface area contributed by atoms with Crippen LogP contribution in [0.5, 0.6) is 0 Å². The Morgan fingerprint density at radius 2 is 2.12 bits per heavy atom. The van der Waals surface area contributed by atoms with Crippen molar-refractivity contribution in [3.63, 3.8) is 0 Å². The van der Waals surface area contributed by atoms with Crippen LogP contribution in [0.1, 0.15) is 45.4 Å². The Bertz CT molecular complexity index is 298. The Labute approximate surface area is 103 Å². The van der Waals surface area contributed by atoms with Gasteiger partial charge >= 0.3 is 0 Å². The van der Waals surface area contributed by atoms with E-state index in [1.54, 1.807) is 4.90 Å². The molecular weight excluding hydrogens is 216 g/mol. The van der Waals surface area contributed by atoms with Gasteiger partial charge in [-0.3, -0.25) is 9.59 Å². The molecule has 0 radical (unpaired) electrons. The number of hydrogen-bond donors (Lipinski definition) is 1. The molecule has 1 heterocycles. The fourth-order valence-corrected chi connectivity index (χ4v) is 2.89. The summed E-state index contributed by atoms with van der Waals surface area (Å²) in [4.78, 5) is 25.3. The first-order valence-electron chi connectivity index (χ1n) is 6.75. The first-order valence-corrected chi connectivity index (χ1v) is 6.75. The fourth-order valence-electron chi connectivity index (χ4n) is 2.89. The molecule has 4 heteroatoms. The van der Waals surface area contributed by atoms with Crippen molar-refractivity contribution in [1.29, 1.82) is 0 Å². The van der Waals surface area contributed by atoms with Gasteiger partial charge < -0.3 is 10.2 Å². The summed E-state index contributed by atoms with van der Waals surface area (Å²) in [5.41, 5.74) is 0. The Hall–Kier alpha value is -1.06. The molecule has 1 aliphatic carbocycles. The number of nitrogens with zero attached hydrogens (tertiary/aromatic N) is 1. The normalized spacial score (nSPS) is 26.1. The third-order valence-corrected chi connectivity index (χ3v) is 4.06. The molecule has 1 atom stereocenters. The molecule has 2 aliphatic rings. The smallest absolute Gasteiger partial charge is 0.242 e. The predicted octanol–water partition coefficient (Wildman–Crippen LogP) is 1.30. The molecule has 1 aliphatic heterocycles. The summed E-state index contributed by atoms with van der Waals surface area (Å²) in [6, 6.07) is -0.292. The van der Waals surface area contributed by atoms with Gasteiger partial charge in [-0.15, -0.1) is 0 Å². The van der Waals surface area contributed by atoms with Gasteiger partial charge in [0, 0.05) is 19.5 Å². The maximum atomic E-state index is 12.1. The Morgan fingerprint density at radius 3 is 2.82 bits per heavy atom. The van der Waals surface area contributed by atoms with Gasteiger partial charge in [-0.25, -0.2) is 0 Å². The Balaban J connectivity index is 1.79. The second kappa shape index (κ2) is 5.52. The van der Waals surface area contributed by atoms with Crippen molar-refractivity contribution in [2.75, 3.05) is 13.1 Å². The predicted molar refractivity (Wildman–Crippen MR) is 65.4 cm³/mol. The summed E-state index contributed by atoms with van der Waals surface area (Å²) in [7, 11) is 0. The highest BCUT2D eigenvalue weighted by molar-refractivity contribution is 5.88. The molecule has 4 nitrogen and oxygen atoms in total. The minimum atomic E-state index is -0.292. The average molecular weight is 238 g/mol. The van der Waals surface area contributed by atoms with E-state index in [1.807, 2.05) is 6.92 Å². The van der Waals surface area contributed by atoms with Gasteiger partial charge in [-0.1, -0.05) is 25.7 Å². The standard InChI is InChI=1S/C13H22N2O2/c1-10-13(17)14-8-9-15(10)12(16)7-6-11-4-2-3-5-11/h10-11H,2-9H2,1H3,(H,14,17). The van der Waals surface area contributed by atoms with Crippen LogP contribution >= 0.6 is 0 Å². The van der Waals surface area contributed by atoms with E-state index in [0.29, 0.717) is 19.5 Å². The lowest BCUT2D eigenvalue weighted by molar-refractivity contribution is -0.142. The maximum Gasteiger partial charge on any atom is 0.242 e. The molecule has 1 N–H and O–H groups in total. The molecule has 0 aromatic carbocycles. The fraction of sp³-hybridized carbons (Fsp3) is 0.846. The van der Waals surface area contributed by atoms with E-state index >= 15 is 0 Å². The Kier molecular flexibility index (Phi) is 4.02. The van der Waals surface area contributed by atoms with E-state index in [4.69, 9.17) is 0 Å². The molecular formula is C13H22N2O2. The van der Waals surface area contributed by atoms with E-state index < -0.39 is 0 Å². The van der Waals surface area contributed by atoms with Gasteiger partial charge in [0.1, 0.15) is 6.04 Å². The lowest BCUT2D eigenvalue weighted by Crippen LogP contribution is -2.55. The van der Waals surface area contributed by atoms with Crippen molar-refractivity contribution >= 4 is 11.8 Å². The van der Waals surface area contributed by atoms with Crippen molar-refractivity contribution in [3.05, 3.63) is 0 Å². The number of carbonyl (C=O) groups is 2. The van der Waals surface area contributed by atoms with E-state index in [1.165, 1.54) is 25.7 Å². The summed E-state index contributed by atoms with van der Waals surface area (Å²) in [5.74, 6) is 0.873. The largest absolute Gasteiger partial charge is 0.353 e. The van der Waals surface area contributed by atoms with Crippen LogP contribution in [0.4, 0.5) is 0 Å². The quantitative estimate of drug-likeness (QED) is 0.805. The zero-order valence-corrected chi connectivity index (χ0v) is 10.6. The van der Waals surface area contributed by atoms with Crippen LogP contribution in [0, 0.1) is 5.92 Å². The molecule has 0 aromatic heterocycles. The average Bonchev–Trinajstić information content (AvgIpc) is 2.82. The van der Waals surface area contributed by atoms with Crippen LogP contribution in [-0.4, -0.2) is 35.8 Å². The van der Waals surface area contributed by atoms with Crippen LogP contribution < -0.4 is 5.32 Å². The summed E-state index contributed by atoms with van der Waals surface area (Å²) in [6.07, 6.45) is 6.82. The van der Waals surface area contributed by atoms with Gasteiger partial charge in [0.2, 0.25) is 11.8 Å². The number of nitrogens with one attached hydrogen (secondary N) is 1. The molecule has 17 heavy (non-hydrogen) atoms. The second-order valence-electron chi connectivity index (χ2n) is 5.24. The first kappa shape index (κ1) is 12.4.